The molecular formula is C16H16N2O4S. The average molecular weight is 332 g/mol. The second kappa shape index (κ2) is 5.27. The van der Waals surface area contributed by atoms with Crippen molar-refractivity contribution in [1.82, 2.24) is 4.57 Å². The van der Waals surface area contributed by atoms with Crippen LogP contribution in [0.25, 0.3) is 11.1 Å². The zero-order valence-electron chi connectivity index (χ0n) is 13.0. The summed E-state index contributed by atoms with van der Waals surface area (Å²) in [6.45, 7) is 3.73. The molecular weight excluding hydrogens is 316 g/mol. The van der Waals surface area contributed by atoms with E-state index in [1.807, 2.05) is 26.0 Å². The number of hydrogen-bond acceptors (Lipinski definition) is 4. The van der Waals surface area contributed by atoms with Gasteiger partial charge in [0.25, 0.3) is 10.0 Å². The molecule has 0 saturated heterocycles. The van der Waals surface area contributed by atoms with Gasteiger partial charge < -0.3 is 4.42 Å². The molecule has 0 amide bonds. The molecule has 0 spiro atoms. The summed E-state index contributed by atoms with van der Waals surface area (Å²) in [4.78, 5) is 11.6. The molecule has 23 heavy (non-hydrogen) atoms. The van der Waals surface area contributed by atoms with Gasteiger partial charge in [0, 0.05) is 7.05 Å². The molecule has 1 heterocycles. The molecule has 0 atom stereocenters. The Morgan fingerprint density at radius 1 is 1.09 bits per heavy atom. The number of benzene rings is 2. The maximum absolute atomic E-state index is 12.6. The van der Waals surface area contributed by atoms with Crippen LogP contribution in [0.2, 0.25) is 0 Å². The van der Waals surface area contributed by atoms with Crippen LogP contribution in [0, 0.1) is 13.8 Å². The number of nitrogens with one attached hydrogen (secondary N) is 1. The smallest absolute Gasteiger partial charge is 0.408 e. The third-order valence-electron chi connectivity index (χ3n) is 3.71. The highest BCUT2D eigenvalue weighted by Gasteiger charge is 2.18. The summed E-state index contributed by atoms with van der Waals surface area (Å²) in [7, 11) is -2.23. The van der Waals surface area contributed by atoms with E-state index in [4.69, 9.17) is 4.42 Å². The van der Waals surface area contributed by atoms with E-state index >= 15 is 0 Å². The Morgan fingerprint density at radius 3 is 2.57 bits per heavy atom. The predicted molar refractivity (Wildman–Crippen MR) is 88.2 cm³/mol. The summed E-state index contributed by atoms with van der Waals surface area (Å²) in [5.41, 5.74) is 3.10. The molecule has 0 radical (unpaired) electrons. The number of nitrogens with zero attached hydrogens (tertiary/aromatic N) is 1. The van der Waals surface area contributed by atoms with Gasteiger partial charge in [-0.25, -0.2) is 13.2 Å². The topological polar surface area (TPSA) is 81.3 Å². The molecule has 6 nitrogen and oxygen atoms in total. The van der Waals surface area contributed by atoms with Gasteiger partial charge in [0.2, 0.25) is 0 Å². The number of aryl methyl sites for hydroxylation is 3. The largest absolute Gasteiger partial charge is 0.419 e. The Morgan fingerprint density at radius 2 is 1.83 bits per heavy atom. The molecule has 3 aromatic rings. The molecule has 1 aromatic heterocycles. The van der Waals surface area contributed by atoms with Gasteiger partial charge in [-0.2, -0.15) is 0 Å². The van der Waals surface area contributed by atoms with Crippen molar-refractivity contribution in [3.8, 4) is 0 Å². The standard InChI is InChI=1S/C16H16N2O4S/c1-10-4-5-11(2)13(8-10)17-23(20,21)12-6-7-15-14(9-12)18(3)16(19)22-15/h4-9,17H,1-3H3. The minimum atomic E-state index is -3.76. The first-order valence-electron chi connectivity index (χ1n) is 6.97. The number of aromatic nitrogens is 1. The fourth-order valence-electron chi connectivity index (χ4n) is 2.32. The SMILES string of the molecule is Cc1ccc(C)c(NS(=O)(=O)c2ccc3oc(=O)n(C)c3c2)c1. The van der Waals surface area contributed by atoms with E-state index in [1.165, 1.54) is 29.8 Å². The molecule has 7 heteroatoms. The van der Waals surface area contributed by atoms with Gasteiger partial charge in [0.1, 0.15) is 0 Å². The molecule has 0 bridgehead atoms. The van der Waals surface area contributed by atoms with Crippen LogP contribution < -0.4 is 10.5 Å². The third kappa shape index (κ3) is 2.75. The maximum Gasteiger partial charge on any atom is 0.419 e. The first-order valence-corrected chi connectivity index (χ1v) is 8.46. The average Bonchev–Trinajstić information content (AvgIpc) is 2.77. The van der Waals surface area contributed by atoms with Gasteiger partial charge in [-0.05, 0) is 49.2 Å². The fraction of sp³-hybridized carbons (Fsp3) is 0.188. The molecule has 0 aliphatic heterocycles. The van der Waals surface area contributed by atoms with Crippen LogP contribution in [0.15, 0.2) is 50.5 Å². The highest BCUT2D eigenvalue weighted by Crippen LogP contribution is 2.23. The Balaban J connectivity index is 2.07. The van der Waals surface area contributed by atoms with Gasteiger partial charge in [0.15, 0.2) is 5.58 Å². The van der Waals surface area contributed by atoms with Crippen LogP contribution in [0.3, 0.4) is 0 Å². The van der Waals surface area contributed by atoms with Gasteiger partial charge in [-0.1, -0.05) is 12.1 Å². The lowest BCUT2D eigenvalue weighted by Crippen LogP contribution is -2.14. The second-order valence-corrected chi connectivity index (χ2v) is 7.16. The minimum absolute atomic E-state index is 0.0716. The summed E-state index contributed by atoms with van der Waals surface area (Å²) in [6.07, 6.45) is 0. The fourth-order valence-corrected chi connectivity index (χ4v) is 3.46. The number of anilines is 1. The van der Waals surface area contributed by atoms with Crippen LogP contribution in [0.4, 0.5) is 5.69 Å². The number of sulfonamides is 1. The number of fused-ring (bicyclic) bond motifs is 1. The van der Waals surface area contributed by atoms with Crippen molar-refractivity contribution in [2.75, 3.05) is 4.72 Å². The quantitative estimate of drug-likeness (QED) is 0.799. The summed E-state index contributed by atoms with van der Waals surface area (Å²) in [5, 5.41) is 0. The van der Waals surface area contributed by atoms with Gasteiger partial charge in [0.05, 0.1) is 16.1 Å². The zero-order chi connectivity index (χ0) is 16.8. The van der Waals surface area contributed by atoms with E-state index in [9.17, 15) is 13.2 Å². The van der Waals surface area contributed by atoms with Crippen LogP contribution in [0.1, 0.15) is 11.1 Å². The van der Waals surface area contributed by atoms with Crippen molar-refractivity contribution < 1.29 is 12.8 Å². The van der Waals surface area contributed by atoms with Crippen molar-refractivity contribution in [1.29, 1.82) is 0 Å². The normalized spacial score (nSPS) is 11.8. The Kier molecular flexibility index (Phi) is 3.52. The van der Waals surface area contributed by atoms with Crippen LogP contribution in [-0.2, 0) is 17.1 Å². The number of rotatable bonds is 3. The van der Waals surface area contributed by atoms with Crippen molar-refractivity contribution >= 4 is 26.8 Å². The first-order chi connectivity index (χ1) is 10.8. The molecule has 0 aliphatic rings. The monoisotopic (exact) mass is 332 g/mol. The van der Waals surface area contributed by atoms with E-state index in [0.29, 0.717) is 16.8 Å². The van der Waals surface area contributed by atoms with Crippen LogP contribution >= 0.6 is 0 Å². The first kappa shape index (κ1) is 15.4. The van der Waals surface area contributed by atoms with E-state index in [1.54, 1.807) is 6.07 Å². The van der Waals surface area contributed by atoms with Crippen molar-refractivity contribution in [2.24, 2.45) is 7.05 Å². The molecule has 0 saturated carbocycles. The third-order valence-corrected chi connectivity index (χ3v) is 5.07. The van der Waals surface area contributed by atoms with E-state index in [2.05, 4.69) is 4.72 Å². The van der Waals surface area contributed by atoms with Crippen molar-refractivity contribution in [3.05, 3.63) is 58.1 Å². The molecule has 1 N–H and O–H groups in total. The number of oxazole rings is 1. The van der Waals surface area contributed by atoms with Crippen LogP contribution in [0.5, 0.6) is 0 Å². The molecule has 3 rings (SSSR count). The molecule has 0 aliphatic carbocycles. The summed E-state index contributed by atoms with van der Waals surface area (Å²) in [6, 6.07) is 9.87. The Hall–Kier alpha value is -2.54. The highest BCUT2D eigenvalue weighted by atomic mass is 32.2. The summed E-state index contributed by atoms with van der Waals surface area (Å²) < 4.78 is 34.1. The van der Waals surface area contributed by atoms with Crippen LogP contribution in [-0.4, -0.2) is 13.0 Å². The Labute approximate surface area is 133 Å². The van der Waals surface area contributed by atoms with E-state index < -0.39 is 15.8 Å². The van der Waals surface area contributed by atoms with Gasteiger partial charge in [-0.15, -0.1) is 0 Å². The molecule has 0 fully saturated rings. The molecule has 120 valence electrons. The molecule has 0 unspecified atom stereocenters. The maximum atomic E-state index is 12.6. The lowest BCUT2D eigenvalue weighted by Gasteiger charge is -2.11. The van der Waals surface area contributed by atoms with Crippen molar-refractivity contribution in [2.45, 2.75) is 18.7 Å². The van der Waals surface area contributed by atoms with E-state index in [0.717, 1.165) is 11.1 Å². The lowest BCUT2D eigenvalue weighted by atomic mass is 10.1. The lowest BCUT2D eigenvalue weighted by molar-refractivity contribution is 0.528. The van der Waals surface area contributed by atoms with Gasteiger partial charge >= 0.3 is 5.76 Å². The highest BCUT2D eigenvalue weighted by molar-refractivity contribution is 7.92. The Bertz CT molecular complexity index is 1060. The minimum Gasteiger partial charge on any atom is -0.408 e. The van der Waals surface area contributed by atoms with E-state index in [-0.39, 0.29) is 4.90 Å². The summed E-state index contributed by atoms with van der Waals surface area (Å²) in [5.74, 6) is -0.531. The van der Waals surface area contributed by atoms with Crippen molar-refractivity contribution in [3.63, 3.8) is 0 Å². The number of hydrogen-bond donors (Lipinski definition) is 1. The zero-order valence-corrected chi connectivity index (χ0v) is 13.8. The summed E-state index contributed by atoms with van der Waals surface area (Å²) >= 11 is 0. The van der Waals surface area contributed by atoms with Gasteiger partial charge in [-0.3, -0.25) is 9.29 Å². The predicted octanol–water partition coefficient (Wildman–Crippen LogP) is 2.55. The molecule has 2 aromatic carbocycles. The second-order valence-electron chi connectivity index (χ2n) is 5.48.